The second-order valence-corrected chi connectivity index (χ2v) is 6.01. The van der Waals surface area contributed by atoms with Gasteiger partial charge in [0.1, 0.15) is 5.82 Å². The molecule has 0 N–H and O–H groups in total. The number of hydrogen-bond acceptors (Lipinski definition) is 2. The van der Waals surface area contributed by atoms with Crippen LogP contribution in [0.1, 0.15) is 56.7 Å². The molecule has 0 radical (unpaired) electrons. The van der Waals surface area contributed by atoms with Crippen LogP contribution in [0.15, 0.2) is 0 Å². The second kappa shape index (κ2) is 5.14. The van der Waals surface area contributed by atoms with Crippen LogP contribution in [0.5, 0.6) is 0 Å². The fourth-order valence-corrected chi connectivity index (χ4v) is 2.77. The highest BCUT2D eigenvalue weighted by Crippen LogP contribution is 2.25. The van der Waals surface area contributed by atoms with Crippen molar-refractivity contribution >= 4 is 0 Å². The summed E-state index contributed by atoms with van der Waals surface area (Å²) in [6.07, 6.45) is 6.91. The van der Waals surface area contributed by atoms with Gasteiger partial charge in [0.05, 0.1) is 17.2 Å². The fourth-order valence-electron chi connectivity index (χ4n) is 2.77. The lowest BCUT2D eigenvalue weighted by atomic mass is 9.90. The zero-order valence-corrected chi connectivity index (χ0v) is 11.8. The van der Waals surface area contributed by atoms with Crippen molar-refractivity contribution in [2.45, 2.75) is 65.8 Å². The smallest absolute Gasteiger partial charge is 0.106 e. The highest BCUT2D eigenvalue weighted by Gasteiger charge is 2.19. The maximum absolute atomic E-state index is 9.03. The van der Waals surface area contributed by atoms with Crippen molar-refractivity contribution in [3.8, 4) is 6.07 Å². The summed E-state index contributed by atoms with van der Waals surface area (Å²) in [5, 5.41) is 9.03. The van der Waals surface area contributed by atoms with E-state index in [1.807, 2.05) is 13.8 Å². The largest absolute Gasteiger partial charge is 0.332 e. The van der Waals surface area contributed by atoms with E-state index in [9.17, 15) is 0 Å². The van der Waals surface area contributed by atoms with Crippen LogP contribution in [0.25, 0.3) is 0 Å². The maximum Gasteiger partial charge on any atom is 0.106 e. The Labute approximate surface area is 110 Å². The molecule has 2 rings (SSSR count). The first-order valence-electron chi connectivity index (χ1n) is 6.99. The lowest BCUT2D eigenvalue weighted by Gasteiger charge is -2.17. The van der Waals surface area contributed by atoms with Crippen molar-refractivity contribution in [1.29, 1.82) is 5.26 Å². The first-order valence-corrected chi connectivity index (χ1v) is 6.99. The van der Waals surface area contributed by atoms with Crippen LogP contribution in [0, 0.1) is 23.7 Å². The first-order chi connectivity index (χ1) is 8.53. The van der Waals surface area contributed by atoms with Gasteiger partial charge in [0.15, 0.2) is 0 Å². The van der Waals surface area contributed by atoms with Crippen LogP contribution in [0.3, 0.4) is 0 Å². The lowest BCUT2D eigenvalue weighted by molar-refractivity contribution is 0.410. The van der Waals surface area contributed by atoms with Crippen LogP contribution < -0.4 is 0 Å². The van der Waals surface area contributed by atoms with E-state index in [2.05, 4.69) is 22.5 Å². The quantitative estimate of drug-likeness (QED) is 0.815. The monoisotopic (exact) mass is 245 g/mol. The second-order valence-electron chi connectivity index (χ2n) is 6.01. The van der Waals surface area contributed by atoms with E-state index >= 15 is 0 Å². The molecule has 1 heterocycles. The Hall–Kier alpha value is -1.30. The van der Waals surface area contributed by atoms with E-state index in [0.29, 0.717) is 0 Å². The van der Waals surface area contributed by atoms with Gasteiger partial charge >= 0.3 is 0 Å². The van der Waals surface area contributed by atoms with Gasteiger partial charge in [0, 0.05) is 12.2 Å². The van der Waals surface area contributed by atoms with Gasteiger partial charge in [-0.25, -0.2) is 4.98 Å². The van der Waals surface area contributed by atoms with E-state index in [0.717, 1.165) is 31.6 Å². The van der Waals surface area contributed by atoms with Crippen molar-refractivity contribution in [1.82, 2.24) is 9.55 Å². The Morgan fingerprint density at radius 3 is 2.78 bits per heavy atom. The zero-order valence-electron chi connectivity index (χ0n) is 11.8. The summed E-state index contributed by atoms with van der Waals surface area (Å²) >= 11 is 0. The minimum Gasteiger partial charge on any atom is -0.332 e. The molecule has 1 aliphatic carbocycles. The zero-order chi connectivity index (χ0) is 13.2. The number of aromatic nitrogens is 2. The molecular weight excluding hydrogens is 222 g/mol. The van der Waals surface area contributed by atoms with E-state index in [1.54, 1.807) is 0 Å². The molecule has 0 bridgehead atoms. The SMILES string of the molecule is Cc1nc2c(n1CCCC(C)(C)C#N)CCCC2. The fraction of sp³-hybridized carbons (Fsp3) is 0.733. The molecule has 1 aromatic rings. The van der Waals surface area contributed by atoms with E-state index < -0.39 is 0 Å². The minimum atomic E-state index is -0.200. The number of imidazole rings is 1. The van der Waals surface area contributed by atoms with E-state index in [1.165, 1.54) is 30.7 Å². The molecule has 1 aromatic heterocycles. The van der Waals surface area contributed by atoms with Crippen molar-refractivity contribution in [2.24, 2.45) is 5.41 Å². The molecule has 1 aliphatic rings. The third-order valence-corrected chi connectivity index (χ3v) is 3.91. The Kier molecular flexibility index (Phi) is 3.75. The van der Waals surface area contributed by atoms with Crippen molar-refractivity contribution in [3.05, 3.63) is 17.2 Å². The number of hydrogen-bond donors (Lipinski definition) is 0. The summed E-state index contributed by atoms with van der Waals surface area (Å²) in [5.41, 5.74) is 2.57. The Morgan fingerprint density at radius 1 is 1.33 bits per heavy atom. The molecule has 0 atom stereocenters. The molecule has 0 unspecified atom stereocenters. The maximum atomic E-state index is 9.03. The molecule has 3 nitrogen and oxygen atoms in total. The highest BCUT2D eigenvalue weighted by atomic mass is 15.1. The highest BCUT2D eigenvalue weighted by molar-refractivity contribution is 5.19. The predicted molar refractivity (Wildman–Crippen MR) is 72.2 cm³/mol. The van der Waals surface area contributed by atoms with Crippen molar-refractivity contribution < 1.29 is 0 Å². The van der Waals surface area contributed by atoms with Crippen molar-refractivity contribution in [3.63, 3.8) is 0 Å². The molecule has 98 valence electrons. The molecule has 18 heavy (non-hydrogen) atoms. The molecular formula is C15H23N3. The molecule has 0 amide bonds. The van der Waals surface area contributed by atoms with Crippen LogP contribution in [-0.4, -0.2) is 9.55 Å². The Morgan fingerprint density at radius 2 is 2.06 bits per heavy atom. The summed E-state index contributed by atoms with van der Waals surface area (Å²) in [4.78, 5) is 4.68. The number of aryl methyl sites for hydroxylation is 2. The molecule has 0 saturated carbocycles. The number of nitriles is 1. The number of rotatable bonds is 4. The Bertz CT molecular complexity index is 463. The van der Waals surface area contributed by atoms with Crippen LogP contribution in [-0.2, 0) is 19.4 Å². The average Bonchev–Trinajstić information content (AvgIpc) is 2.66. The third-order valence-electron chi connectivity index (χ3n) is 3.91. The van der Waals surface area contributed by atoms with Gasteiger partial charge in [-0.15, -0.1) is 0 Å². The summed E-state index contributed by atoms with van der Waals surface area (Å²) in [6.45, 7) is 7.15. The topological polar surface area (TPSA) is 41.6 Å². The van der Waals surface area contributed by atoms with Crippen LogP contribution >= 0.6 is 0 Å². The summed E-state index contributed by atoms with van der Waals surface area (Å²) in [5.74, 6) is 1.15. The number of fused-ring (bicyclic) bond motifs is 1. The van der Waals surface area contributed by atoms with Gasteiger partial charge in [-0.1, -0.05) is 0 Å². The summed E-state index contributed by atoms with van der Waals surface area (Å²) < 4.78 is 2.38. The molecule has 0 spiro atoms. The van der Waals surface area contributed by atoms with Gasteiger partial charge in [-0.2, -0.15) is 5.26 Å². The normalized spacial score (nSPS) is 15.2. The molecule has 0 aromatic carbocycles. The van der Waals surface area contributed by atoms with Gasteiger partial charge in [0.25, 0.3) is 0 Å². The summed E-state index contributed by atoms with van der Waals surface area (Å²) in [6, 6.07) is 2.37. The van der Waals surface area contributed by atoms with Crippen LogP contribution in [0.2, 0.25) is 0 Å². The molecule has 3 heteroatoms. The third kappa shape index (κ3) is 2.75. The molecule has 0 saturated heterocycles. The minimum absolute atomic E-state index is 0.200. The van der Waals surface area contributed by atoms with Crippen molar-refractivity contribution in [2.75, 3.05) is 0 Å². The molecule has 0 fully saturated rings. The van der Waals surface area contributed by atoms with Gasteiger partial charge in [0.2, 0.25) is 0 Å². The summed E-state index contributed by atoms with van der Waals surface area (Å²) in [7, 11) is 0. The average molecular weight is 245 g/mol. The predicted octanol–water partition coefficient (Wildman–Crippen LogP) is 3.40. The number of nitrogens with zero attached hydrogens (tertiary/aromatic N) is 3. The van der Waals surface area contributed by atoms with E-state index in [-0.39, 0.29) is 5.41 Å². The van der Waals surface area contributed by atoms with Crippen LogP contribution in [0.4, 0.5) is 0 Å². The molecule has 0 aliphatic heterocycles. The van der Waals surface area contributed by atoms with Gasteiger partial charge in [-0.05, 0) is 59.3 Å². The van der Waals surface area contributed by atoms with Gasteiger partial charge < -0.3 is 4.57 Å². The standard InChI is InChI=1S/C15H23N3/c1-12-17-13-7-4-5-8-14(13)18(12)10-6-9-15(2,3)11-16/h4-10H2,1-3H3. The lowest BCUT2D eigenvalue weighted by Crippen LogP contribution is -2.13. The Balaban J connectivity index is 2.02. The van der Waals surface area contributed by atoms with E-state index in [4.69, 9.17) is 5.26 Å². The van der Waals surface area contributed by atoms with Gasteiger partial charge in [-0.3, -0.25) is 0 Å². The first kappa shape index (κ1) is 13.1.